The standard InChI is InChI=1S/C27H36O5/c1-14-11-24(32-26(31)19(14)13-28)15(2)20-7-8-21-18-12-23(30)17-5-4-6-22(29)25(17)16(18)9-10-27(20,21)3/h4-6,15-16,18,20-21,23-24,28-30H,7-13H2,1-3H3/t15-,16-,18+,20+,21-,23-,24+,27+/m0/s1. The van der Waals surface area contributed by atoms with Gasteiger partial charge in [0.25, 0.3) is 0 Å². The summed E-state index contributed by atoms with van der Waals surface area (Å²) in [5.41, 5.74) is 3.40. The Hall–Kier alpha value is -1.85. The highest BCUT2D eigenvalue weighted by Gasteiger charge is 2.57. The van der Waals surface area contributed by atoms with Gasteiger partial charge in [0.05, 0.1) is 18.3 Å². The van der Waals surface area contributed by atoms with Crippen molar-refractivity contribution in [1.82, 2.24) is 0 Å². The van der Waals surface area contributed by atoms with Crippen LogP contribution in [0.3, 0.4) is 0 Å². The number of ether oxygens (including phenoxy) is 1. The van der Waals surface area contributed by atoms with Crippen LogP contribution in [0.25, 0.3) is 0 Å². The average Bonchev–Trinajstić information content (AvgIpc) is 3.11. The van der Waals surface area contributed by atoms with E-state index in [1.807, 2.05) is 19.1 Å². The normalized spacial score (nSPS) is 39.7. The van der Waals surface area contributed by atoms with E-state index in [1.165, 1.54) is 0 Å². The summed E-state index contributed by atoms with van der Waals surface area (Å²) >= 11 is 0. The number of aromatic hydroxyl groups is 1. The Morgan fingerprint density at radius 2 is 2.03 bits per heavy atom. The van der Waals surface area contributed by atoms with Gasteiger partial charge in [0.1, 0.15) is 11.9 Å². The van der Waals surface area contributed by atoms with Gasteiger partial charge in [0, 0.05) is 12.0 Å². The van der Waals surface area contributed by atoms with Crippen LogP contribution >= 0.6 is 0 Å². The molecule has 174 valence electrons. The lowest BCUT2D eigenvalue weighted by molar-refractivity contribution is -0.152. The van der Waals surface area contributed by atoms with E-state index >= 15 is 0 Å². The van der Waals surface area contributed by atoms with Crippen LogP contribution in [-0.2, 0) is 9.53 Å². The van der Waals surface area contributed by atoms with Crippen molar-refractivity contribution in [3.63, 3.8) is 0 Å². The van der Waals surface area contributed by atoms with Gasteiger partial charge < -0.3 is 20.1 Å². The zero-order chi connectivity index (χ0) is 22.8. The quantitative estimate of drug-likeness (QED) is 0.597. The number of hydrogen-bond donors (Lipinski definition) is 3. The predicted molar refractivity (Wildman–Crippen MR) is 121 cm³/mol. The second-order valence-corrected chi connectivity index (χ2v) is 11.1. The lowest BCUT2D eigenvalue weighted by Crippen LogP contribution is -2.46. The molecule has 0 saturated heterocycles. The third-order valence-corrected chi connectivity index (χ3v) is 9.76. The van der Waals surface area contributed by atoms with Crippen molar-refractivity contribution in [2.45, 2.75) is 77.4 Å². The number of fused-ring (bicyclic) bond motifs is 5. The van der Waals surface area contributed by atoms with E-state index in [1.54, 1.807) is 6.07 Å². The van der Waals surface area contributed by atoms with E-state index in [2.05, 4.69) is 13.8 Å². The number of carbonyl (C=O) groups excluding carboxylic acids is 1. The van der Waals surface area contributed by atoms with E-state index in [-0.39, 0.29) is 30.0 Å². The van der Waals surface area contributed by atoms with Crippen LogP contribution in [0.2, 0.25) is 0 Å². The third kappa shape index (κ3) is 3.15. The molecule has 8 atom stereocenters. The topological polar surface area (TPSA) is 87.0 Å². The maximum Gasteiger partial charge on any atom is 0.336 e. The summed E-state index contributed by atoms with van der Waals surface area (Å²) in [6, 6.07) is 5.56. The number of phenolic OH excluding ortho intramolecular Hbond substituents is 1. The van der Waals surface area contributed by atoms with Crippen molar-refractivity contribution in [2.24, 2.45) is 29.1 Å². The highest BCUT2D eigenvalue weighted by atomic mass is 16.5. The molecule has 0 aromatic heterocycles. The van der Waals surface area contributed by atoms with Gasteiger partial charge in [-0.1, -0.05) is 31.6 Å². The Balaban J connectivity index is 1.40. The Bertz CT molecular complexity index is 951. The molecular formula is C27H36O5. The molecule has 0 bridgehead atoms. The van der Waals surface area contributed by atoms with E-state index in [0.717, 1.165) is 48.8 Å². The molecule has 4 aliphatic rings. The minimum absolute atomic E-state index is 0.141. The Labute approximate surface area is 190 Å². The number of hydrogen-bond acceptors (Lipinski definition) is 5. The second-order valence-electron chi connectivity index (χ2n) is 11.1. The number of benzene rings is 1. The predicted octanol–water partition coefficient (Wildman–Crippen LogP) is 4.62. The fourth-order valence-electron chi connectivity index (χ4n) is 8.13. The molecule has 0 amide bonds. The minimum atomic E-state index is -0.513. The number of aliphatic hydroxyl groups excluding tert-OH is 2. The molecule has 0 radical (unpaired) electrons. The summed E-state index contributed by atoms with van der Waals surface area (Å²) in [5.74, 6) is 1.86. The highest BCUT2D eigenvalue weighted by molar-refractivity contribution is 5.90. The van der Waals surface area contributed by atoms with Crippen LogP contribution in [0.15, 0.2) is 29.3 Å². The summed E-state index contributed by atoms with van der Waals surface area (Å²) in [5, 5.41) is 31.0. The molecule has 3 aliphatic carbocycles. The highest BCUT2D eigenvalue weighted by Crippen LogP contribution is 2.66. The molecule has 5 rings (SSSR count). The van der Waals surface area contributed by atoms with Gasteiger partial charge in [0.2, 0.25) is 0 Å². The van der Waals surface area contributed by atoms with Crippen LogP contribution in [0, 0.1) is 29.1 Å². The smallest absolute Gasteiger partial charge is 0.336 e. The van der Waals surface area contributed by atoms with Crippen LogP contribution in [0.5, 0.6) is 5.75 Å². The van der Waals surface area contributed by atoms with Crippen molar-refractivity contribution < 1.29 is 24.9 Å². The number of aliphatic hydroxyl groups is 2. The van der Waals surface area contributed by atoms with E-state index in [0.29, 0.717) is 41.4 Å². The fourth-order valence-corrected chi connectivity index (χ4v) is 8.13. The van der Waals surface area contributed by atoms with Crippen molar-refractivity contribution >= 4 is 5.97 Å². The third-order valence-electron chi connectivity index (χ3n) is 9.76. The van der Waals surface area contributed by atoms with Gasteiger partial charge in [-0.15, -0.1) is 0 Å². The lowest BCUT2D eigenvalue weighted by atomic mass is 9.52. The first kappa shape index (κ1) is 22.0. The molecule has 5 nitrogen and oxygen atoms in total. The van der Waals surface area contributed by atoms with Gasteiger partial charge in [0.15, 0.2) is 0 Å². The van der Waals surface area contributed by atoms with Gasteiger partial charge in [-0.2, -0.15) is 0 Å². The zero-order valence-electron chi connectivity index (χ0n) is 19.4. The van der Waals surface area contributed by atoms with Crippen molar-refractivity contribution in [3.8, 4) is 5.75 Å². The first-order valence-electron chi connectivity index (χ1n) is 12.3. The first-order valence-corrected chi connectivity index (χ1v) is 12.3. The van der Waals surface area contributed by atoms with Gasteiger partial charge in [-0.25, -0.2) is 4.79 Å². The molecule has 2 fully saturated rings. The molecule has 0 spiro atoms. The molecule has 3 N–H and O–H groups in total. The van der Waals surface area contributed by atoms with Crippen LogP contribution in [-0.4, -0.2) is 34.0 Å². The van der Waals surface area contributed by atoms with E-state index in [9.17, 15) is 20.1 Å². The summed E-state index contributed by atoms with van der Waals surface area (Å²) in [7, 11) is 0. The molecule has 2 saturated carbocycles. The molecule has 1 heterocycles. The monoisotopic (exact) mass is 440 g/mol. The molecular weight excluding hydrogens is 404 g/mol. The van der Waals surface area contributed by atoms with Gasteiger partial charge >= 0.3 is 5.97 Å². The van der Waals surface area contributed by atoms with Crippen LogP contribution in [0.1, 0.15) is 82.4 Å². The van der Waals surface area contributed by atoms with Crippen LogP contribution in [0.4, 0.5) is 0 Å². The van der Waals surface area contributed by atoms with Gasteiger partial charge in [-0.3, -0.25) is 0 Å². The Morgan fingerprint density at radius 3 is 2.75 bits per heavy atom. The van der Waals surface area contributed by atoms with E-state index < -0.39 is 6.10 Å². The first-order chi connectivity index (χ1) is 15.3. The summed E-state index contributed by atoms with van der Waals surface area (Å²) < 4.78 is 5.82. The summed E-state index contributed by atoms with van der Waals surface area (Å²) in [6.45, 7) is 6.33. The van der Waals surface area contributed by atoms with Crippen molar-refractivity contribution in [2.75, 3.05) is 6.61 Å². The molecule has 0 unspecified atom stereocenters. The Kier molecular flexibility index (Phi) is 5.41. The minimum Gasteiger partial charge on any atom is -0.508 e. The largest absolute Gasteiger partial charge is 0.508 e. The average molecular weight is 441 g/mol. The maximum atomic E-state index is 12.4. The van der Waals surface area contributed by atoms with Gasteiger partial charge in [-0.05, 0) is 85.7 Å². The number of cyclic esters (lactones) is 1. The molecule has 1 aromatic carbocycles. The number of phenols is 1. The fraction of sp³-hybridized carbons (Fsp3) is 0.667. The van der Waals surface area contributed by atoms with Crippen molar-refractivity contribution in [3.05, 3.63) is 40.5 Å². The number of carbonyl (C=O) groups is 1. The van der Waals surface area contributed by atoms with Crippen LogP contribution < -0.4 is 0 Å². The lowest BCUT2D eigenvalue weighted by Gasteiger charge is -2.53. The summed E-state index contributed by atoms with van der Waals surface area (Å²) in [6.07, 6.45) is 5.16. The number of rotatable bonds is 3. The van der Waals surface area contributed by atoms with E-state index in [4.69, 9.17) is 4.74 Å². The molecule has 5 heteroatoms. The zero-order valence-corrected chi connectivity index (χ0v) is 19.4. The second kappa shape index (κ2) is 7.88. The molecule has 1 aromatic rings. The molecule has 1 aliphatic heterocycles. The van der Waals surface area contributed by atoms with Crippen molar-refractivity contribution in [1.29, 1.82) is 0 Å². The summed E-state index contributed by atoms with van der Waals surface area (Å²) in [4.78, 5) is 12.4. The Morgan fingerprint density at radius 1 is 1.25 bits per heavy atom. The number of esters is 1. The molecule has 32 heavy (non-hydrogen) atoms. The SMILES string of the molecule is CC1=C(CO)C(=O)O[C@@H]([C@@H](C)[C@H]2CC[C@H]3[C@@H]4C[C@H](O)c5cccc(O)c5[C@H]4CC[C@]23C)C1. The maximum absolute atomic E-state index is 12.4.